The lowest BCUT2D eigenvalue weighted by Crippen LogP contribution is -2.42. The van der Waals surface area contributed by atoms with Crippen LogP contribution in [0.15, 0.2) is 36.4 Å². The van der Waals surface area contributed by atoms with E-state index in [0.717, 1.165) is 24.0 Å². The average Bonchev–Trinajstić information content (AvgIpc) is 2.93. The molecule has 2 amide bonds. The quantitative estimate of drug-likeness (QED) is 0.439. The van der Waals surface area contributed by atoms with Crippen molar-refractivity contribution in [1.29, 1.82) is 5.26 Å². The number of carbonyl (C=O) groups is 3. The first-order valence-electron chi connectivity index (χ1n) is 13.4. The molecule has 1 fully saturated rings. The topological polar surface area (TPSA) is 138 Å². The van der Waals surface area contributed by atoms with Crippen molar-refractivity contribution in [2.24, 2.45) is 5.92 Å². The SMILES string of the molecule is C[C@@H](C(=O)Nc1cc(C#N)ccc1CCCC(=O)O)[C@]1(C)CCOc2ccc(C(=O)NC3CCOCC3)cc21. The first kappa shape index (κ1) is 28.1. The van der Waals surface area contributed by atoms with Gasteiger partial charge in [0.2, 0.25) is 5.91 Å². The van der Waals surface area contributed by atoms with Gasteiger partial charge in [-0.25, -0.2) is 0 Å². The van der Waals surface area contributed by atoms with Gasteiger partial charge in [0, 0.05) is 53.8 Å². The standard InChI is InChI=1S/C30H35N3O6/c1-19(28(36)33-25-16-20(18-31)6-7-21(25)4-3-5-27(34)35)30(2)12-15-39-26-9-8-22(17-24(26)30)29(37)32-23-10-13-38-14-11-23/h6-9,16-17,19,23H,3-5,10-15H2,1-2H3,(H,32,37)(H,33,36)(H,34,35)/t19-,30-/m0/s1. The number of nitrogens with zero attached hydrogens (tertiary/aromatic N) is 1. The van der Waals surface area contributed by atoms with Crippen LogP contribution in [0.3, 0.4) is 0 Å². The van der Waals surface area contributed by atoms with Crippen LogP contribution in [0.25, 0.3) is 0 Å². The number of nitriles is 1. The lowest BCUT2D eigenvalue weighted by molar-refractivity contribution is -0.137. The van der Waals surface area contributed by atoms with Gasteiger partial charge in [0.15, 0.2) is 0 Å². The number of benzene rings is 2. The summed E-state index contributed by atoms with van der Waals surface area (Å²) in [6.07, 6.45) is 3.04. The molecule has 3 N–H and O–H groups in total. The van der Waals surface area contributed by atoms with Gasteiger partial charge in [0.1, 0.15) is 5.75 Å². The number of ether oxygens (including phenoxy) is 2. The van der Waals surface area contributed by atoms with Gasteiger partial charge < -0.3 is 25.2 Å². The second-order valence-electron chi connectivity index (χ2n) is 10.5. The van der Waals surface area contributed by atoms with E-state index in [1.54, 1.807) is 30.3 Å². The van der Waals surface area contributed by atoms with Crippen LogP contribution in [0.5, 0.6) is 5.75 Å². The summed E-state index contributed by atoms with van der Waals surface area (Å²) in [6, 6.07) is 12.6. The molecule has 2 aromatic rings. The minimum absolute atomic E-state index is 0.0169. The van der Waals surface area contributed by atoms with Crippen molar-refractivity contribution in [2.75, 3.05) is 25.1 Å². The largest absolute Gasteiger partial charge is 0.493 e. The Morgan fingerprint density at radius 2 is 1.92 bits per heavy atom. The molecule has 0 aliphatic carbocycles. The van der Waals surface area contributed by atoms with Crippen LogP contribution in [-0.4, -0.2) is 48.8 Å². The van der Waals surface area contributed by atoms with E-state index in [-0.39, 0.29) is 24.3 Å². The van der Waals surface area contributed by atoms with Gasteiger partial charge in [0.25, 0.3) is 5.91 Å². The van der Waals surface area contributed by atoms with Crippen LogP contribution in [0.1, 0.15) is 73.0 Å². The molecule has 2 aliphatic rings. The van der Waals surface area contributed by atoms with Crippen LogP contribution in [-0.2, 0) is 26.2 Å². The number of aryl methyl sites for hydroxylation is 1. The monoisotopic (exact) mass is 533 g/mol. The molecule has 0 radical (unpaired) electrons. The van der Waals surface area contributed by atoms with Gasteiger partial charge in [-0.3, -0.25) is 14.4 Å². The predicted octanol–water partition coefficient (Wildman–Crippen LogP) is 4.19. The fourth-order valence-electron chi connectivity index (χ4n) is 5.25. The number of carboxylic acids is 1. The summed E-state index contributed by atoms with van der Waals surface area (Å²) in [5.74, 6) is -1.10. The molecule has 4 rings (SSSR count). The fourth-order valence-corrected chi connectivity index (χ4v) is 5.25. The van der Waals surface area contributed by atoms with E-state index in [1.165, 1.54) is 0 Å². The van der Waals surface area contributed by atoms with Gasteiger partial charge >= 0.3 is 5.97 Å². The summed E-state index contributed by atoms with van der Waals surface area (Å²) in [5, 5.41) is 24.5. The molecular formula is C30H35N3O6. The van der Waals surface area contributed by atoms with Gasteiger partial charge in [-0.2, -0.15) is 5.26 Å². The minimum atomic E-state index is -0.880. The first-order valence-corrected chi connectivity index (χ1v) is 13.4. The summed E-state index contributed by atoms with van der Waals surface area (Å²) < 4.78 is 11.3. The smallest absolute Gasteiger partial charge is 0.303 e. The number of hydrogen-bond acceptors (Lipinski definition) is 6. The summed E-state index contributed by atoms with van der Waals surface area (Å²) in [4.78, 5) is 37.6. The summed E-state index contributed by atoms with van der Waals surface area (Å²) >= 11 is 0. The van der Waals surface area contributed by atoms with Crippen molar-refractivity contribution in [3.05, 3.63) is 58.7 Å². The zero-order valence-electron chi connectivity index (χ0n) is 22.4. The lowest BCUT2D eigenvalue weighted by Gasteiger charge is -2.40. The number of nitrogens with one attached hydrogen (secondary N) is 2. The molecule has 2 heterocycles. The Morgan fingerprint density at radius 1 is 1.15 bits per heavy atom. The maximum Gasteiger partial charge on any atom is 0.303 e. The van der Waals surface area contributed by atoms with E-state index >= 15 is 0 Å². The summed E-state index contributed by atoms with van der Waals surface area (Å²) in [5.41, 5.74) is 2.42. The van der Waals surface area contributed by atoms with E-state index in [1.807, 2.05) is 19.9 Å². The Hall–Kier alpha value is -3.90. The zero-order chi connectivity index (χ0) is 28.0. The van der Waals surface area contributed by atoms with Gasteiger partial charge in [-0.15, -0.1) is 0 Å². The van der Waals surface area contributed by atoms with E-state index in [0.29, 0.717) is 61.6 Å². The van der Waals surface area contributed by atoms with E-state index < -0.39 is 17.3 Å². The van der Waals surface area contributed by atoms with E-state index in [4.69, 9.17) is 14.6 Å². The lowest BCUT2D eigenvalue weighted by atomic mass is 9.68. The Balaban J connectivity index is 1.55. The number of anilines is 1. The van der Waals surface area contributed by atoms with Gasteiger partial charge in [0.05, 0.1) is 18.2 Å². The zero-order valence-corrected chi connectivity index (χ0v) is 22.4. The Morgan fingerprint density at radius 3 is 2.64 bits per heavy atom. The number of fused-ring (bicyclic) bond motifs is 1. The van der Waals surface area contributed by atoms with Crippen molar-refractivity contribution >= 4 is 23.5 Å². The summed E-state index contributed by atoms with van der Waals surface area (Å²) in [6.45, 7) is 5.58. The van der Waals surface area contributed by atoms with E-state index in [2.05, 4.69) is 16.7 Å². The molecule has 206 valence electrons. The maximum absolute atomic E-state index is 13.6. The Labute approximate surface area is 228 Å². The molecule has 9 heteroatoms. The molecule has 0 spiro atoms. The second kappa shape index (κ2) is 12.3. The predicted molar refractivity (Wildman–Crippen MR) is 145 cm³/mol. The third-order valence-electron chi connectivity index (χ3n) is 7.98. The third-order valence-corrected chi connectivity index (χ3v) is 7.98. The molecule has 9 nitrogen and oxygen atoms in total. The molecule has 0 aromatic heterocycles. The number of rotatable bonds is 9. The fraction of sp³-hybridized carbons (Fsp3) is 0.467. The number of hydrogen-bond donors (Lipinski definition) is 3. The molecule has 2 aromatic carbocycles. The van der Waals surface area contributed by atoms with Crippen molar-refractivity contribution in [3.63, 3.8) is 0 Å². The summed E-state index contributed by atoms with van der Waals surface area (Å²) in [7, 11) is 0. The highest BCUT2D eigenvalue weighted by atomic mass is 16.5. The van der Waals surface area contributed by atoms with Crippen molar-refractivity contribution in [1.82, 2.24) is 5.32 Å². The Bertz CT molecular complexity index is 1280. The van der Waals surface area contributed by atoms with Crippen LogP contribution in [0.4, 0.5) is 5.69 Å². The average molecular weight is 534 g/mol. The highest BCUT2D eigenvalue weighted by Crippen LogP contribution is 2.44. The van der Waals surface area contributed by atoms with Crippen molar-refractivity contribution < 1.29 is 29.0 Å². The Kier molecular flexibility index (Phi) is 8.87. The highest BCUT2D eigenvalue weighted by Gasteiger charge is 2.42. The van der Waals surface area contributed by atoms with Gasteiger partial charge in [-0.05, 0) is 68.0 Å². The first-order chi connectivity index (χ1) is 18.7. The molecule has 0 saturated carbocycles. The number of amides is 2. The van der Waals surface area contributed by atoms with Crippen molar-refractivity contribution in [2.45, 2.75) is 63.8 Å². The minimum Gasteiger partial charge on any atom is -0.493 e. The van der Waals surface area contributed by atoms with E-state index in [9.17, 15) is 19.6 Å². The second-order valence-corrected chi connectivity index (χ2v) is 10.5. The van der Waals surface area contributed by atoms with Crippen LogP contribution in [0.2, 0.25) is 0 Å². The number of carbonyl (C=O) groups excluding carboxylic acids is 2. The molecule has 2 aliphatic heterocycles. The normalized spacial score (nSPS) is 19.6. The van der Waals surface area contributed by atoms with Gasteiger partial charge in [-0.1, -0.05) is 19.9 Å². The molecule has 39 heavy (non-hydrogen) atoms. The van der Waals surface area contributed by atoms with Crippen LogP contribution < -0.4 is 15.4 Å². The molecule has 2 atom stereocenters. The molecule has 0 unspecified atom stereocenters. The van der Waals surface area contributed by atoms with Crippen molar-refractivity contribution in [3.8, 4) is 11.8 Å². The number of carboxylic acid groups (broad SMARTS) is 1. The molecule has 0 bridgehead atoms. The maximum atomic E-state index is 13.6. The van der Waals surface area contributed by atoms with Crippen LogP contribution >= 0.6 is 0 Å². The van der Waals surface area contributed by atoms with Crippen LogP contribution in [0, 0.1) is 17.2 Å². The third kappa shape index (κ3) is 6.58. The molecule has 1 saturated heterocycles. The molecular weight excluding hydrogens is 498 g/mol. The number of aliphatic carboxylic acids is 1. The highest BCUT2D eigenvalue weighted by molar-refractivity contribution is 5.96.